The molecule has 0 spiro atoms. The smallest absolute Gasteiger partial charge is 0.328 e. The summed E-state index contributed by atoms with van der Waals surface area (Å²) >= 11 is 1.37. The van der Waals surface area contributed by atoms with Crippen molar-refractivity contribution in [2.75, 3.05) is 6.61 Å². The van der Waals surface area contributed by atoms with E-state index in [1.807, 2.05) is 41.8 Å². The van der Waals surface area contributed by atoms with Gasteiger partial charge in [0.25, 0.3) is 5.91 Å². The largest absolute Gasteiger partial charge is 0.464 e. The number of esters is 1. The molecule has 0 radical (unpaired) electrons. The summed E-state index contributed by atoms with van der Waals surface area (Å²) in [5.74, 6) is -0.539. The van der Waals surface area contributed by atoms with Gasteiger partial charge in [0.2, 0.25) is 0 Å². The van der Waals surface area contributed by atoms with Gasteiger partial charge in [-0.2, -0.15) is 0 Å². The van der Waals surface area contributed by atoms with Crippen LogP contribution < -0.4 is 0 Å². The summed E-state index contributed by atoms with van der Waals surface area (Å²) in [6.45, 7) is 4.13. The highest BCUT2D eigenvalue weighted by molar-refractivity contribution is 7.12. The number of ether oxygens (including phenoxy) is 1. The molecule has 2 rings (SSSR count). The minimum Gasteiger partial charge on any atom is -0.464 e. The summed E-state index contributed by atoms with van der Waals surface area (Å²) in [6, 6.07) is 12.6. The molecule has 116 valence electrons. The Bertz CT molecular complexity index is 610. The number of rotatable bonds is 6. The van der Waals surface area contributed by atoms with Crippen LogP contribution in [0.25, 0.3) is 0 Å². The second-order valence-corrected chi connectivity index (χ2v) is 5.77. The van der Waals surface area contributed by atoms with Crippen LogP contribution in [-0.4, -0.2) is 29.4 Å². The van der Waals surface area contributed by atoms with Crippen molar-refractivity contribution in [3.05, 3.63) is 58.3 Å². The van der Waals surface area contributed by atoms with Gasteiger partial charge in [-0.1, -0.05) is 36.4 Å². The third-order valence-electron chi connectivity index (χ3n) is 3.28. The Kier molecular flexibility index (Phi) is 5.72. The van der Waals surface area contributed by atoms with Gasteiger partial charge < -0.3 is 9.64 Å². The van der Waals surface area contributed by atoms with E-state index in [9.17, 15) is 9.59 Å². The van der Waals surface area contributed by atoms with Gasteiger partial charge in [0, 0.05) is 6.54 Å². The van der Waals surface area contributed by atoms with Gasteiger partial charge in [0.1, 0.15) is 6.04 Å². The van der Waals surface area contributed by atoms with Crippen LogP contribution in [0, 0.1) is 0 Å². The molecule has 5 heteroatoms. The molecule has 0 aliphatic rings. The van der Waals surface area contributed by atoms with Crippen LogP contribution in [0.1, 0.15) is 29.1 Å². The Morgan fingerprint density at radius 1 is 1.18 bits per heavy atom. The van der Waals surface area contributed by atoms with Gasteiger partial charge in [-0.3, -0.25) is 4.79 Å². The van der Waals surface area contributed by atoms with Crippen LogP contribution in [0.4, 0.5) is 0 Å². The molecule has 0 aliphatic heterocycles. The quantitative estimate of drug-likeness (QED) is 0.768. The second kappa shape index (κ2) is 7.75. The predicted molar refractivity (Wildman–Crippen MR) is 86.7 cm³/mol. The van der Waals surface area contributed by atoms with Crippen LogP contribution >= 0.6 is 11.3 Å². The minimum atomic E-state index is -0.630. The number of benzene rings is 1. The van der Waals surface area contributed by atoms with E-state index in [-0.39, 0.29) is 11.9 Å². The zero-order chi connectivity index (χ0) is 15.9. The molecule has 4 nitrogen and oxygen atoms in total. The SMILES string of the molecule is CCOC(=O)C(C)N(Cc1ccccc1)C(=O)c1cccs1. The van der Waals surface area contributed by atoms with Crippen LogP contribution in [-0.2, 0) is 16.1 Å². The number of carbonyl (C=O) groups excluding carboxylic acids is 2. The maximum atomic E-state index is 12.7. The van der Waals surface area contributed by atoms with Gasteiger partial charge in [0.15, 0.2) is 0 Å². The highest BCUT2D eigenvalue weighted by Gasteiger charge is 2.28. The monoisotopic (exact) mass is 317 g/mol. The van der Waals surface area contributed by atoms with Gasteiger partial charge in [-0.05, 0) is 30.9 Å². The Balaban J connectivity index is 2.24. The second-order valence-electron chi connectivity index (χ2n) is 4.82. The lowest BCUT2D eigenvalue weighted by molar-refractivity contribution is -0.148. The average molecular weight is 317 g/mol. The van der Waals surface area contributed by atoms with Crippen molar-refractivity contribution in [1.29, 1.82) is 0 Å². The third-order valence-corrected chi connectivity index (χ3v) is 4.14. The molecule has 0 aliphatic carbocycles. The Labute approximate surface area is 134 Å². The first-order chi connectivity index (χ1) is 10.6. The molecule has 1 aromatic heterocycles. The van der Waals surface area contributed by atoms with Gasteiger partial charge in [-0.15, -0.1) is 11.3 Å². The summed E-state index contributed by atoms with van der Waals surface area (Å²) in [6.07, 6.45) is 0. The molecular formula is C17H19NO3S. The van der Waals surface area contributed by atoms with Crippen molar-refractivity contribution < 1.29 is 14.3 Å². The Morgan fingerprint density at radius 3 is 2.50 bits per heavy atom. The molecule has 22 heavy (non-hydrogen) atoms. The Morgan fingerprint density at radius 2 is 1.91 bits per heavy atom. The lowest BCUT2D eigenvalue weighted by Gasteiger charge is -2.27. The van der Waals surface area contributed by atoms with E-state index in [1.54, 1.807) is 24.8 Å². The molecule has 1 heterocycles. The summed E-state index contributed by atoms with van der Waals surface area (Å²) in [4.78, 5) is 26.9. The normalized spacial score (nSPS) is 11.7. The fourth-order valence-electron chi connectivity index (χ4n) is 2.10. The minimum absolute atomic E-state index is 0.153. The fourth-order valence-corrected chi connectivity index (χ4v) is 2.78. The van der Waals surface area contributed by atoms with Crippen molar-refractivity contribution in [3.63, 3.8) is 0 Å². The van der Waals surface area contributed by atoms with Crippen LogP contribution in [0.5, 0.6) is 0 Å². The van der Waals surface area contributed by atoms with Gasteiger partial charge in [-0.25, -0.2) is 4.79 Å². The molecule has 1 amide bonds. The fraction of sp³-hybridized carbons (Fsp3) is 0.294. The molecule has 1 aromatic carbocycles. The van der Waals surface area contributed by atoms with Crippen LogP contribution in [0.2, 0.25) is 0 Å². The van der Waals surface area contributed by atoms with E-state index >= 15 is 0 Å². The zero-order valence-electron chi connectivity index (χ0n) is 12.7. The predicted octanol–water partition coefficient (Wildman–Crippen LogP) is 3.34. The van der Waals surface area contributed by atoms with Crippen LogP contribution in [0.15, 0.2) is 47.8 Å². The van der Waals surface area contributed by atoms with Crippen LogP contribution in [0.3, 0.4) is 0 Å². The number of hydrogen-bond donors (Lipinski definition) is 0. The third kappa shape index (κ3) is 3.95. The van der Waals surface area contributed by atoms with Crippen molar-refractivity contribution in [3.8, 4) is 0 Å². The highest BCUT2D eigenvalue weighted by Crippen LogP contribution is 2.17. The molecule has 0 bridgehead atoms. The first-order valence-electron chi connectivity index (χ1n) is 7.18. The molecule has 0 fully saturated rings. The number of hydrogen-bond acceptors (Lipinski definition) is 4. The summed E-state index contributed by atoms with van der Waals surface area (Å²) in [5.41, 5.74) is 0.976. The van der Waals surface area contributed by atoms with E-state index in [4.69, 9.17) is 4.74 Å². The molecule has 2 aromatic rings. The Hall–Kier alpha value is -2.14. The topological polar surface area (TPSA) is 46.6 Å². The highest BCUT2D eigenvalue weighted by atomic mass is 32.1. The number of nitrogens with zero attached hydrogens (tertiary/aromatic N) is 1. The first kappa shape index (κ1) is 16.2. The molecule has 1 unspecified atom stereocenters. The van der Waals surface area contributed by atoms with Crippen molar-refractivity contribution in [1.82, 2.24) is 4.90 Å². The molecule has 0 saturated heterocycles. The van der Waals surface area contributed by atoms with E-state index in [0.717, 1.165) is 5.56 Å². The maximum Gasteiger partial charge on any atom is 0.328 e. The number of amides is 1. The van der Waals surface area contributed by atoms with Gasteiger partial charge >= 0.3 is 5.97 Å². The van der Waals surface area contributed by atoms with Gasteiger partial charge in [0.05, 0.1) is 11.5 Å². The average Bonchev–Trinajstić information content (AvgIpc) is 3.07. The standard InChI is InChI=1S/C17H19NO3S/c1-3-21-17(20)13(2)18(12-14-8-5-4-6-9-14)16(19)15-10-7-11-22-15/h4-11,13H,3,12H2,1-2H3. The summed E-state index contributed by atoms with van der Waals surface area (Å²) in [7, 11) is 0. The first-order valence-corrected chi connectivity index (χ1v) is 8.06. The molecule has 0 N–H and O–H groups in total. The summed E-state index contributed by atoms with van der Waals surface area (Å²) in [5, 5.41) is 1.85. The molecular weight excluding hydrogens is 298 g/mol. The molecule has 1 atom stereocenters. The lowest BCUT2D eigenvalue weighted by Crippen LogP contribution is -2.43. The number of carbonyl (C=O) groups is 2. The summed E-state index contributed by atoms with van der Waals surface area (Å²) < 4.78 is 5.06. The van der Waals surface area contributed by atoms with Crippen molar-refractivity contribution in [2.24, 2.45) is 0 Å². The van der Waals surface area contributed by atoms with E-state index in [1.165, 1.54) is 11.3 Å². The lowest BCUT2D eigenvalue weighted by atomic mass is 10.1. The van der Waals surface area contributed by atoms with Crippen molar-refractivity contribution in [2.45, 2.75) is 26.4 Å². The van der Waals surface area contributed by atoms with E-state index < -0.39 is 6.04 Å². The van der Waals surface area contributed by atoms with Crippen molar-refractivity contribution >= 4 is 23.2 Å². The number of thiophene rings is 1. The zero-order valence-corrected chi connectivity index (χ0v) is 13.5. The maximum absolute atomic E-state index is 12.7. The van der Waals surface area contributed by atoms with E-state index in [2.05, 4.69) is 0 Å². The van der Waals surface area contributed by atoms with E-state index in [0.29, 0.717) is 18.0 Å². The molecule has 0 saturated carbocycles.